The Morgan fingerprint density at radius 1 is 1.03 bits per heavy atom. The molecule has 0 saturated heterocycles. The molecule has 0 bridgehead atoms. The van der Waals surface area contributed by atoms with Crippen LogP contribution in [0, 0.1) is 5.92 Å². The molecule has 2 heterocycles. The summed E-state index contributed by atoms with van der Waals surface area (Å²) in [5.41, 5.74) is 0.547. The van der Waals surface area contributed by atoms with Crippen molar-refractivity contribution in [1.29, 1.82) is 0 Å². The van der Waals surface area contributed by atoms with Crippen molar-refractivity contribution >= 4 is 39.4 Å². The maximum Gasteiger partial charge on any atom is 0.336 e. The molecular formula is C26H24ClN3O5. The van der Waals surface area contributed by atoms with E-state index in [2.05, 4.69) is 4.98 Å². The number of nitrogens with zero attached hydrogens (tertiary/aromatic N) is 3. The first-order valence-corrected chi connectivity index (χ1v) is 11.8. The molecular weight excluding hydrogens is 470 g/mol. The van der Waals surface area contributed by atoms with Gasteiger partial charge in [-0.3, -0.25) is 19.1 Å². The quantitative estimate of drug-likeness (QED) is 0.311. The molecule has 180 valence electrons. The van der Waals surface area contributed by atoms with E-state index in [4.69, 9.17) is 21.1 Å². The number of ether oxygens (including phenoxy) is 2. The van der Waals surface area contributed by atoms with Gasteiger partial charge in [-0.05, 0) is 49.9 Å². The lowest BCUT2D eigenvalue weighted by Gasteiger charge is -2.30. The largest absolute Gasteiger partial charge is 0.494 e. The second kappa shape index (κ2) is 9.19. The Morgan fingerprint density at radius 2 is 1.77 bits per heavy atom. The average Bonchev–Trinajstić information content (AvgIpc) is 2.88. The van der Waals surface area contributed by atoms with E-state index in [0.29, 0.717) is 63.9 Å². The van der Waals surface area contributed by atoms with Gasteiger partial charge in [0.2, 0.25) is 0 Å². The fourth-order valence-corrected chi connectivity index (χ4v) is 5.28. The van der Waals surface area contributed by atoms with Crippen molar-refractivity contribution < 1.29 is 14.3 Å². The number of methoxy groups -OCH3 is 2. The zero-order valence-electron chi connectivity index (χ0n) is 19.4. The van der Waals surface area contributed by atoms with Gasteiger partial charge < -0.3 is 9.47 Å². The highest BCUT2D eigenvalue weighted by Crippen LogP contribution is 2.36. The molecule has 2 aromatic heterocycles. The Balaban J connectivity index is 1.82. The van der Waals surface area contributed by atoms with E-state index >= 15 is 0 Å². The lowest BCUT2D eigenvalue weighted by atomic mass is 9.85. The monoisotopic (exact) mass is 493 g/mol. The number of fused-ring (bicyclic) bond motifs is 3. The lowest BCUT2D eigenvalue weighted by Crippen LogP contribution is -2.41. The SMILES string of the molecule is COc1cccc2c1ncc1c(=O)n(-c3cccc(Cl)c3)c(=O)n([C@H]3CC[C@H](C(=O)OC)CC3)c12. The van der Waals surface area contributed by atoms with Crippen molar-refractivity contribution in [2.45, 2.75) is 31.7 Å². The number of esters is 1. The molecule has 1 aliphatic carbocycles. The maximum absolute atomic E-state index is 14.0. The number of para-hydroxylation sites is 1. The summed E-state index contributed by atoms with van der Waals surface area (Å²) in [7, 11) is 2.94. The number of aromatic nitrogens is 3. The summed E-state index contributed by atoms with van der Waals surface area (Å²) in [6, 6.07) is 11.9. The van der Waals surface area contributed by atoms with Crippen molar-refractivity contribution in [3.63, 3.8) is 0 Å². The van der Waals surface area contributed by atoms with E-state index in [1.807, 2.05) is 12.1 Å². The standard InChI is InChI=1S/C26H24ClN3O5/c1-34-21-8-4-7-19-22(21)28-14-20-23(19)29(17-11-9-15(10-12-17)25(32)35-2)26(33)30(24(20)31)18-6-3-5-16(27)13-18/h3-8,13-15,17H,9-12H2,1-2H3/t15-,17-. The summed E-state index contributed by atoms with van der Waals surface area (Å²) >= 11 is 6.18. The van der Waals surface area contributed by atoms with Crippen molar-refractivity contribution in [3.8, 4) is 11.4 Å². The van der Waals surface area contributed by atoms with E-state index in [1.54, 1.807) is 42.0 Å². The number of rotatable bonds is 4. The van der Waals surface area contributed by atoms with Gasteiger partial charge in [0, 0.05) is 22.6 Å². The van der Waals surface area contributed by atoms with Crippen LogP contribution in [0.15, 0.2) is 58.3 Å². The van der Waals surface area contributed by atoms with Gasteiger partial charge in [0.05, 0.1) is 36.7 Å². The first kappa shape index (κ1) is 23.1. The first-order chi connectivity index (χ1) is 16.9. The Hall–Kier alpha value is -3.65. The molecule has 0 N–H and O–H groups in total. The van der Waals surface area contributed by atoms with Crippen LogP contribution in [0.4, 0.5) is 0 Å². The second-order valence-corrected chi connectivity index (χ2v) is 9.11. The number of pyridine rings is 1. The second-order valence-electron chi connectivity index (χ2n) is 8.68. The molecule has 0 unspecified atom stereocenters. The molecule has 8 nitrogen and oxygen atoms in total. The van der Waals surface area contributed by atoms with Gasteiger partial charge in [-0.25, -0.2) is 9.36 Å². The summed E-state index contributed by atoms with van der Waals surface area (Å²) in [6.07, 6.45) is 3.87. The van der Waals surface area contributed by atoms with Crippen LogP contribution in [-0.2, 0) is 9.53 Å². The molecule has 0 amide bonds. The van der Waals surface area contributed by atoms with Gasteiger partial charge in [0.25, 0.3) is 5.56 Å². The zero-order chi connectivity index (χ0) is 24.7. The molecule has 1 saturated carbocycles. The maximum atomic E-state index is 14.0. The van der Waals surface area contributed by atoms with Gasteiger partial charge in [-0.15, -0.1) is 0 Å². The topological polar surface area (TPSA) is 92.4 Å². The van der Waals surface area contributed by atoms with Crippen LogP contribution >= 0.6 is 11.6 Å². The summed E-state index contributed by atoms with van der Waals surface area (Å²) in [5.74, 6) is 0.122. The normalized spacial score (nSPS) is 18.0. The van der Waals surface area contributed by atoms with Gasteiger partial charge in [0.1, 0.15) is 11.3 Å². The average molecular weight is 494 g/mol. The van der Waals surface area contributed by atoms with Gasteiger partial charge >= 0.3 is 11.7 Å². The molecule has 0 aliphatic heterocycles. The highest BCUT2D eigenvalue weighted by molar-refractivity contribution is 6.30. The minimum Gasteiger partial charge on any atom is -0.494 e. The Kier molecular flexibility index (Phi) is 6.06. The van der Waals surface area contributed by atoms with Gasteiger partial charge in [0.15, 0.2) is 0 Å². The first-order valence-electron chi connectivity index (χ1n) is 11.4. The summed E-state index contributed by atoms with van der Waals surface area (Å²) in [4.78, 5) is 44.3. The molecule has 9 heteroatoms. The highest BCUT2D eigenvalue weighted by atomic mass is 35.5. The van der Waals surface area contributed by atoms with Crippen molar-refractivity contribution in [2.24, 2.45) is 5.92 Å². The smallest absolute Gasteiger partial charge is 0.336 e. The third kappa shape index (κ3) is 3.87. The van der Waals surface area contributed by atoms with E-state index in [-0.39, 0.29) is 17.9 Å². The van der Waals surface area contributed by atoms with Gasteiger partial charge in [-0.2, -0.15) is 0 Å². The number of carbonyl (C=O) groups is 1. The van der Waals surface area contributed by atoms with Crippen LogP contribution in [0.5, 0.6) is 5.75 Å². The number of hydrogen-bond donors (Lipinski definition) is 0. The van der Waals surface area contributed by atoms with Crippen LogP contribution < -0.4 is 16.0 Å². The van der Waals surface area contributed by atoms with Gasteiger partial charge in [-0.1, -0.05) is 29.8 Å². The van der Waals surface area contributed by atoms with E-state index in [0.717, 1.165) is 4.57 Å². The van der Waals surface area contributed by atoms with Crippen LogP contribution in [0.1, 0.15) is 31.7 Å². The van der Waals surface area contributed by atoms with Crippen molar-refractivity contribution in [2.75, 3.05) is 14.2 Å². The Morgan fingerprint density at radius 3 is 2.46 bits per heavy atom. The minimum atomic E-state index is -0.469. The highest BCUT2D eigenvalue weighted by Gasteiger charge is 2.31. The molecule has 0 spiro atoms. The molecule has 5 rings (SSSR count). The third-order valence-corrected chi connectivity index (χ3v) is 7.02. The van der Waals surface area contributed by atoms with E-state index in [1.165, 1.54) is 13.3 Å². The molecule has 4 aromatic rings. The van der Waals surface area contributed by atoms with Crippen LogP contribution in [-0.4, -0.2) is 34.3 Å². The number of carbonyl (C=O) groups excluding carboxylic acids is 1. The molecule has 0 radical (unpaired) electrons. The predicted molar refractivity (Wildman–Crippen MR) is 134 cm³/mol. The zero-order valence-corrected chi connectivity index (χ0v) is 20.1. The molecule has 1 aliphatic rings. The number of benzene rings is 2. The molecule has 0 atom stereocenters. The molecule has 35 heavy (non-hydrogen) atoms. The minimum absolute atomic E-state index is 0.199. The van der Waals surface area contributed by atoms with E-state index in [9.17, 15) is 14.4 Å². The summed E-state index contributed by atoms with van der Waals surface area (Å²) in [5, 5.41) is 1.39. The Labute approximate surface area is 205 Å². The van der Waals surface area contributed by atoms with Crippen LogP contribution in [0.3, 0.4) is 0 Å². The molecule has 1 fully saturated rings. The van der Waals surface area contributed by atoms with E-state index < -0.39 is 11.2 Å². The molecule has 2 aromatic carbocycles. The van der Waals surface area contributed by atoms with Crippen LogP contribution in [0.2, 0.25) is 5.02 Å². The lowest BCUT2D eigenvalue weighted by molar-refractivity contribution is -0.146. The number of hydrogen-bond acceptors (Lipinski definition) is 6. The van der Waals surface area contributed by atoms with Crippen molar-refractivity contribution in [1.82, 2.24) is 14.1 Å². The third-order valence-electron chi connectivity index (χ3n) is 6.79. The summed E-state index contributed by atoms with van der Waals surface area (Å²) < 4.78 is 13.2. The predicted octanol–water partition coefficient (Wildman–Crippen LogP) is 4.27. The summed E-state index contributed by atoms with van der Waals surface area (Å²) in [6.45, 7) is 0. The van der Waals surface area contributed by atoms with Crippen molar-refractivity contribution in [3.05, 3.63) is 74.5 Å². The fraction of sp³-hybridized carbons (Fsp3) is 0.308. The Bertz CT molecular complexity index is 1570. The number of halogens is 1. The van der Waals surface area contributed by atoms with Crippen LogP contribution in [0.25, 0.3) is 27.5 Å². The fourth-order valence-electron chi connectivity index (χ4n) is 5.09.